The first-order valence-corrected chi connectivity index (χ1v) is 8.64. The lowest BCUT2D eigenvalue weighted by Gasteiger charge is -2.43. The van der Waals surface area contributed by atoms with Crippen LogP contribution in [0, 0.1) is 0 Å². The molecule has 0 saturated heterocycles. The zero-order valence-electron chi connectivity index (χ0n) is 14.9. The zero-order valence-corrected chi connectivity index (χ0v) is 17.2. The van der Waals surface area contributed by atoms with Crippen LogP contribution in [0.15, 0.2) is 41.7 Å². The predicted molar refractivity (Wildman–Crippen MR) is 111 cm³/mol. The minimum absolute atomic E-state index is 0. The van der Waals surface area contributed by atoms with Crippen molar-refractivity contribution in [2.45, 2.75) is 44.7 Å². The number of guanidine groups is 1. The van der Waals surface area contributed by atoms with Crippen LogP contribution in [0.2, 0.25) is 0 Å². The summed E-state index contributed by atoms with van der Waals surface area (Å²) >= 11 is 0. The number of halogens is 1. The molecule has 136 valence electrons. The van der Waals surface area contributed by atoms with E-state index in [1.54, 1.807) is 13.4 Å². The van der Waals surface area contributed by atoms with Crippen molar-refractivity contribution in [2.75, 3.05) is 13.6 Å². The van der Waals surface area contributed by atoms with Gasteiger partial charge < -0.3 is 15.2 Å². The number of rotatable bonds is 6. The fourth-order valence-corrected chi connectivity index (χ4v) is 3.28. The van der Waals surface area contributed by atoms with Gasteiger partial charge in [0.2, 0.25) is 0 Å². The Hall–Kier alpha value is -1.64. The van der Waals surface area contributed by atoms with Crippen molar-refractivity contribution in [3.05, 3.63) is 48.0 Å². The molecule has 0 amide bonds. The normalized spacial score (nSPS) is 15.8. The summed E-state index contributed by atoms with van der Waals surface area (Å²) < 4.78 is 2.03. The molecule has 6 nitrogen and oxygen atoms in total. The van der Waals surface area contributed by atoms with Crippen molar-refractivity contribution in [2.24, 2.45) is 4.99 Å². The molecule has 0 spiro atoms. The van der Waals surface area contributed by atoms with Crippen molar-refractivity contribution >= 4 is 29.9 Å². The molecule has 0 radical (unpaired) electrons. The Morgan fingerprint density at radius 1 is 1.24 bits per heavy atom. The quantitative estimate of drug-likeness (QED) is 0.400. The van der Waals surface area contributed by atoms with Crippen LogP contribution in [0.25, 0.3) is 0 Å². The average Bonchev–Trinajstić information content (AvgIpc) is 3.05. The van der Waals surface area contributed by atoms with Gasteiger partial charge in [0.1, 0.15) is 6.33 Å². The highest BCUT2D eigenvalue weighted by Gasteiger charge is 2.38. The Balaban J connectivity index is 0.00000225. The monoisotopic (exact) mass is 454 g/mol. The van der Waals surface area contributed by atoms with Crippen LogP contribution in [0.3, 0.4) is 0 Å². The number of nitrogens with zero attached hydrogens (tertiary/aromatic N) is 4. The minimum atomic E-state index is 0. The molecule has 2 aromatic rings. The molecular formula is C18H27IN6. The van der Waals surface area contributed by atoms with E-state index in [9.17, 15) is 0 Å². The van der Waals surface area contributed by atoms with Crippen LogP contribution >= 0.6 is 24.0 Å². The second-order valence-electron chi connectivity index (χ2n) is 6.31. The summed E-state index contributed by atoms with van der Waals surface area (Å²) in [5.41, 5.74) is 1.66. The molecule has 1 saturated carbocycles. The number of aryl methyl sites for hydroxylation is 1. The molecule has 0 aliphatic heterocycles. The number of aromatic nitrogens is 3. The van der Waals surface area contributed by atoms with E-state index in [2.05, 4.69) is 63.1 Å². The maximum absolute atomic E-state index is 4.34. The van der Waals surface area contributed by atoms with Crippen molar-refractivity contribution in [3.8, 4) is 0 Å². The van der Waals surface area contributed by atoms with Crippen molar-refractivity contribution in [1.82, 2.24) is 25.4 Å². The molecule has 0 bridgehead atoms. The second-order valence-corrected chi connectivity index (χ2v) is 6.31. The Bertz CT molecular complexity index is 678. The molecule has 0 unspecified atom stereocenters. The standard InChI is InChI=1S/C18H26N6.HI/c1-3-24-14-22-23-16(24)12-20-17(19-2)21-13-18(10-7-11-18)15-8-5-4-6-9-15;/h4-6,8-9,14H,3,7,10-13H2,1-2H3,(H2,19,20,21);1H. The first-order chi connectivity index (χ1) is 11.8. The summed E-state index contributed by atoms with van der Waals surface area (Å²) in [6.07, 6.45) is 5.50. The molecule has 1 aliphatic carbocycles. The Morgan fingerprint density at radius 2 is 2.00 bits per heavy atom. The maximum atomic E-state index is 4.34. The summed E-state index contributed by atoms with van der Waals surface area (Å²) in [4.78, 5) is 4.34. The molecule has 1 fully saturated rings. The Kier molecular flexibility index (Phi) is 7.22. The van der Waals surface area contributed by atoms with E-state index < -0.39 is 0 Å². The van der Waals surface area contributed by atoms with E-state index >= 15 is 0 Å². The van der Waals surface area contributed by atoms with Crippen LogP contribution in [0.5, 0.6) is 0 Å². The van der Waals surface area contributed by atoms with Gasteiger partial charge in [-0.2, -0.15) is 0 Å². The summed E-state index contributed by atoms with van der Waals surface area (Å²) in [5.74, 6) is 1.73. The molecule has 1 heterocycles. The van der Waals surface area contributed by atoms with Gasteiger partial charge in [0.05, 0.1) is 6.54 Å². The lowest BCUT2D eigenvalue weighted by Crippen LogP contribution is -2.48. The third-order valence-electron chi connectivity index (χ3n) is 4.97. The first-order valence-electron chi connectivity index (χ1n) is 8.64. The second kappa shape index (κ2) is 9.17. The van der Waals surface area contributed by atoms with Crippen molar-refractivity contribution in [1.29, 1.82) is 0 Å². The van der Waals surface area contributed by atoms with E-state index in [0.29, 0.717) is 6.54 Å². The van der Waals surface area contributed by atoms with E-state index in [-0.39, 0.29) is 29.4 Å². The van der Waals surface area contributed by atoms with Gasteiger partial charge in [-0.3, -0.25) is 4.99 Å². The van der Waals surface area contributed by atoms with E-state index in [0.717, 1.165) is 24.9 Å². The Labute approximate surface area is 166 Å². The first kappa shape index (κ1) is 19.7. The van der Waals surface area contributed by atoms with Crippen LogP contribution in [0.4, 0.5) is 0 Å². The van der Waals surface area contributed by atoms with Gasteiger partial charge in [-0.1, -0.05) is 36.8 Å². The highest BCUT2D eigenvalue weighted by Crippen LogP contribution is 2.43. The zero-order chi connectivity index (χ0) is 16.8. The summed E-state index contributed by atoms with van der Waals surface area (Å²) in [6, 6.07) is 10.8. The third-order valence-corrected chi connectivity index (χ3v) is 4.97. The average molecular weight is 454 g/mol. The lowest BCUT2D eigenvalue weighted by atomic mass is 9.64. The summed E-state index contributed by atoms with van der Waals surface area (Å²) in [5, 5.41) is 14.9. The molecule has 1 aromatic heterocycles. The highest BCUT2D eigenvalue weighted by molar-refractivity contribution is 14.0. The number of benzene rings is 1. The highest BCUT2D eigenvalue weighted by atomic mass is 127. The van der Waals surface area contributed by atoms with Gasteiger partial charge in [0, 0.05) is 25.6 Å². The van der Waals surface area contributed by atoms with Crippen molar-refractivity contribution in [3.63, 3.8) is 0 Å². The summed E-state index contributed by atoms with van der Waals surface area (Å²) in [6.45, 7) is 4.47. The minimum Gasteiger partial charge on any atom is -0.356 e. The fraction of sp³-hybridized carbons (Fsp3) is 0.500. The van der Waals surface area contributed by atoms with E-state index in [1.807, 2.05) is 4.57 Å². The smallest absolute Gasteiger partial charge is 0.191 e. The number of hydrogen-bond acceptors (Lipinski definition) is 3. The van der Waals surface area contributed by atoms with Crippen LogP contribution in [-0.4, -0.2) is 34.3 Å². The fourth-order valence-electron chi connectivity index (χ4n) is 3.28. The molecule has 7 heteroatoms. The van der Waals surface area contributed by atoms with Gasteiger partial charge in [0.15, 0.2) is 11.8 Å². The maximum Gasteiger partial charge on any atom is 0.191 e. The number of nitrogens with one attached hydrogen (secondary N) is 2. The largest absolute Gasteiger partial charge is 0.356 e. The molecule has 0 atom stereocenters. The van der Waals surface area contributed by atoms with Crippen LogP contribution in [-0.2, 0) is 18.5 Å². The molecule has 25 heavy (non-hydrogen) atoms. The molecule has 1 aromatic carbocycles. The van der Waals surface area contributed by atoms with E-state index in [1.165, 1.54) is 24.8 Å². The van der Waals surface area contributed by atoms with Gasteiger partial charge in [-0.15, -0.1) is 34.2 Å². The van der Waals surface area contributed by atoms with Gasteiger partial charge in [-0.25, -0.2) is 0 Å². The molecular weight excluding hydrogens is 427 g/mol. The van der Waals surface area contributed by atoms with Gasteiger partial charge >= 0.3 is 0 Å². The molecule has 3 rings (SSSR count). The molecule has 1 aliphatic rings. The van der Waals surface area contributed by atoms with Crippen LogP contribution < -0.4 is 10.6 Å². The SMILES string of the molecule is CCn1cnnc1CNC(=NC)NCC1(c2ccccc2)CCC1.I. The topological polar surface area (TPSA) is 67.1 Å². The third kappa shape index (κ3) is 4.50. The van der Waals surface area contributed by atoms with Gasteiger partial charge in [0.25, 0.3) is 0 Å². The molecule has 2 N–H and O–H groups in total. The Morgan fingerprint density at radius 3 is 2.60 bits per heavy atom. The van der Waals surface area contributed by atoms with Crippen molar-refractivity contribution < 1.29 is 0 Å². The lowest BCUT2D eigenvalue weighted by molar-refractivity contribution is 0.244. The number of hydrogen-bond donors (Lipinski definition) is 2. The van der Waals surface area contributed by atoms with E-state index in [4.69, 9.17) is 0 Å². The predicted octanol–water partition coefficient (Wildman–Crippen LogP) is 2.70. The summed E-state index contributed by atoms with van der Waals surface area (Å²) in [7, 11) is 1.80. The van der Waals surface area contributed by atoms with Crippen LogP contribution in [0.1, 0.15) is 37.6 Å². The van der Waals surface area contributed by atoms with Gasteiger partial charge in [-0.05, 0) is 25.3 Å². The number of aliphatic imine (C=N–C) groups is 1.